The standard InChI is InChI=1S/C29H44O5Se/c1-8-13-24(30)27-23(18-33-28(27)31)26(21(4)15-12-14-20(2)3)25(34-29(5,6)32-7)19-35-22-16-10-9-11-17-22/h8-11,13-14,16-17,21,23-27,30H,12,15,18-19H2,1-7H3/b13-8+/t21-,23+,24-,25-,26+,27-/m0/s1. The fraction of sp³-hybridized carbons (Fsp3) is 0.621. The number of methoxy groups -OCH3 is 1. The Morgan fingerprint density at radius 3 is 2.57 bits per heavy atom. The van der Waals surface area contributed by atoms with Crippen molar-refractivity contribution in [1.29, 1.82) is 0 Å². The maximum absolute atomic E-state index is 12.8. The molecule has 6 heteroatoms. The zero-order valence-corrected chi connectivity index (χ0v) is 24.1. The van der Waals surface area contributed by atoms with Crippen molar-refractivity contribution in [2.45, 2.75) is 77.7 Å². The molecule has 0 aliphatic carbocycles. The van der Waals surface area contributed by atoms with Gasteiger partial charge in [-0.25, -0.2) is 0 Å². The van der Waals surface area contributed by atoms with Crippen LogP contribution < -0.4 is 4.46 Å². The zero-order valence-electron chi connectivity index (χ0n) is 22.4. The molecule has 0 aromatic heterocycles. The van der Waals surface area contributed by atoms with E-state index >= 15 is 0 Å². The summed E-state index contributed by atoms with van der Waals surface area (Å²) in [5.74, 6) is -1.54. The van der Waals surface area contributed by atoms with Gasteiger partial charge in [-0.3, -0.25) is 0 Å². The molecular weight excluding hydrogens is 507 g/mol. The predicted molar refractivity (Wildman–Crippen MR) is 143 cm³/mol. The number of aliphatic hydroxyl groups excluding tert-OH is 1. The van der Waals surface area contributed by atoms with Gasteiger partial charge in [-0.05, 0) is 0 Å². The second-order valence-electron chi connectivity index (χ2n) is 10.1. The normalized spacial score (nSPS) is 22.0. The van der Waals surface area contributed by atoms with E-state index in [2.05, 4.69) is 51.1 Å². The van der Waals surface area contributed by atoms with Crippen LogP contribution in [-0.4, -0.2) is 57.7 Å². The second kappa shape index (κ2) is 14.3. The summed E-state index contributed by atoms with van der Waals surface area (Å²) in [4.78, 5) is 12.8. The fourth-order valence-corrected chi connectivity index (χ4v) is 6.93. The molecule has 0 saturated carbocycles. The topological polar surface area (TPSA) is 65.0 Å². The van der Waals surface area contributed by atoms with Crippen molar-refractivity contribution in [1.82, 2.24) is 0 Å². The number of ether oxygens (including phenoxy) is 3. The van der Waals surface area contributed by atoms with Crippen LogP contribution in [0.25, 0.3) is 0 Å². The third-order valence-corrected chi connectivity index (χ3v) is 9.06. The van der Waals surface area contributed by atoms with Crippen LogP contribution in [-0.2, 0) is 19.0 Å². The van der Waals surface area contributed by atoms with Gasteiger partial charge >= 0.3 is 219 Å². The van der Waals surface area contributed by atoms with E-state index in [-0.39, 0.29) is 44.8 Å². The number of hydrogen-bond donors (Lipinski definition) is 1. The SMILES string of the molecule is C/C=C/[C@H](O)[C@H]1C(=O)OC[C@@H]1[C@H]([C@H](C[Se]c1ccccc1)OC(C)(C)OC)[C@@H](C)CCC=C(C)C. The molecule has 196 valence electrons. The summed E-state index contributed by atoms with van der Waals surface area (Å²) in [7, 11) is 1.66. The molecule has 0 unspecified atom stereocenters. The Morgan fingerprint density at radius 2 is 1.97 bits per heavy atom. The van der Waals surface area contributed by atoms with Gasteiger partial charge in [-0.2, -0.15) is 0 Å². The third kappa shape index (κ3) is 9.18. The first-order valence-corrected chi connectivity index (χ1v) is 14.7. The molecule has 5 nitrogen and oxygen atoms in total. The number of aliphatic hydroxyl groups is 1. The van der Waals surface area contributed by atoms with Crippen LogP contribution in [0.1, 0.15) is 54.4 Å². The summed E-state index contributed by atoms with van der Waals surface area (Å²) >= 11 is 0.189. The third-order valence-electron chi connectivity index (χ3n) is 6.75. The fourth-order valence-electron chi connectivity index (χ4n) is 4.84. The quantitative estimate of drug-likeness (QED) is 0.154. The van der Waals surface area contributed by atoms with Gasteiger partial charge in [0.2, 0.25) is 0 Å². The zero-order chi connectivity index (χ0) is 26.0. The summed E-state index contributed by atoms with van der Waals surface area (Å²) in [5, 5.41) is 11.7. The van der Waals surface area contributed by atoms with Crippen LogP contribution in [0.2, 0.25) is 5.32 Å². The van der Waals surface area contributed by atoms with Crippen molar-refractivity contribution in [3.8, 4) is 0 Å². The van der Waals surface area contributed by atoms with Crippen molar-refractivity contribution in [3.63, 3.8) is 0 Å². The Balaban J connectivity index is 2.43. The van der Waals surface area contributed by atoms with Crippen LogP contribution in [0, 0.1) is 23.7 Å². The number of cyclic esters (lactones) is 1. The molecule has 1 aliphatic heterocycles. The maximum atomic E-state index is 12.8. The number of carbonyl (C=O) groups excluding carboxylic acids is 1. The first-order chi connectivity index (χ1) is 16.6. The Bertz CT molecular complexity index is 831. The van der Waals surface area contributed by atoms with E-state index in [1.807, 2.05) is 26.8 Å². The minimum atomic E-state index is -0.872. The molecule has 1 heterocycles. The van der Waals surface area contributed by atoms with Crippen molar-refractivity contribution >= 4 is 25.4 Å². The molecule has 0 spiro atoms. The molecule has 0 amide bonds. The van der Waals surface area contributed by atoms with Gasteiger partial charge in [0.15, 0.2) is 0 Å². The summed E-state index contributed by atoms with van der Waals surface area (Å²) in [6, 6.07) is 10.5. The van der Waals surface area contributed by atoms with Gasteiger partial charge in [-0.1, -0.05) is 0 Å². The average Bonchev–Trinajstić information content (AvgIpc) is 3.19. The number of esters is 1. The second-order valence-corrected chi connectivity index (χ2v) is 12.4. The van der Waals surface area contributed by atoms with Gasteiger partial charge in [0.05, 0.1) is 0 Å². The van der Waals surface area contributed by atoms with E-state index in [0.717, 1.165) is 18.2 Å². The van der Waals surface area contributed by atoms with E-state index in [1.54, 1.807) is 19.3 Å². The van der Waals surface area contributed by atoms with Gasteiger partial charge in [0, 0.05) is 0 Å². The van der Waals surface area contributed by atoms with E-state index < -0.39 is 17.8 Å². The number of hydrogen-bond acceptors (Lipinski definition) is 5. The number of rotatable bonds is 14. The molecule has 0 radical (unpaired) electrons. The first kappa shape index (κ1) is 29.8. The van der Waals surface area contributed by atoms with Gasteiger partial charge in [-0.15, -0.1) is 0 Å². The van der Waals surface area contributed by atoms with Gasteiger partial charge in [0.1, 0.15) is 0 Å². The van der Waals surface area contributed by atoms with Crippen LogP contribution in [0.15, 0.2) is 54.1 Å². The Kier molecular flexibility index (Phi) is 12.2. The molecule has 1 aromatic carbocycles. The molecule has 1 saturated heterocycles. The first-order valence-electron chi connectivity index (χ1n) is 12.6. The Hall–Kier alpha value is -1.43. The van der Waals surface area contributed by atoms with Crippen molar-refractivity contribution in [3.05, 3.63) is 54.1 Å². The van der Waals surface area contributed by atoms with Crippen LogP contribution >= 0.6 is 0 Å². The van der Waals surface area contributed by atoms with E-state index in [4.69, 9.17) is 14.2 Å². The average molecular weight is 552 g/mol. The molecule has 1 aliphatic rings. The predicted octanol–water partition coefficient (Wildman–Crippen LogP) is 4.93. The minimum absolute atomic E-state index is 0.0249. The van der Waals surface area contributed by atoms with Crippen molar-refractivity contribution < 1.29 is 24.1 Å². The molecule has 2 rings (SSSR count). The molecule has 0 bridgehead atoms. The number of carbonyl (C=O) groups is 1. The molecule has 1 N–H and O–H groups in total. The summed E-state index contributed by atoms with van der Waals surface area (Å²) < 4.78 is 19.2. The van der Waals surface area contributed by atoms with E-state index in [0.29, 0.717) is 6.61 Å². The summed E-state index contributed by atoms with van der Waals surface area (Å²) in [6.45, 7) is 12.5. The Morgan fingerprint density at radius 1 is 1.29 bits per heavy atom. The number of benzene rings is 1. The Labute approximate surface area is 218 Å². The molecular formula is C29H44O5Se. The molecule has 1 fully saturated rings. The van der Waals surface area contributed by atoms with Crippen LogP contribution in [0.4, 0.5) is 0 Å². The van der Waals surface area contributed by atoms with E-state index in [1.165, 1.54) is 10.0 Å². The van der Waals surface area contributed by atoms with Gasteiger partial charge < -0.3 is 0 Å². The summed E-state index contributed by atoms with van der Waals surface area (Å²) in [6.07, 6.45) is 6.67. The molecule has 35 heavy (non-hydrogen) atoms. The van der Waals surface area contributed by atoms with Crippen LogP contribution in [0.5, 0.6) is 0 Å². The molecule has 6 atom stereocenters. The van der Waals surface area contributed by atoms with E-state index in [9.17, 15) is 9.90 Å². The van der Waals surface area contributed by atoms with Crippen molar-refractivity contribution in [2.24, 2.45) is 23.7 Å². The van der Waals surface area contributed by atoms with Gasteiger partial charge in [0.25, 0.3) is 0 Å². The molecule has 1 aromatic rings. The monoisotopic (exact) mass is 552 g/mol. The number of allylic oxidation sites excluding steroid dienone is 3. The van der Waals surface area contributed by atoms with Crippen molar-refractivity contribution in [2.75, 3.05) is 13.7 Å². The summed E-state index contributed by atoms with van der Waals surface area (Å²) in [5.41, 5.74) is 1.30. The van der Waals surface area contributed by atoms with Crippen LogP contribution in [0.3, 0.4) is 0 Å².